The number of thiophene rings is 1. The highest BCUT2D eigenvalue weighted by atomic mass is 32.1. The van der Waals surface area contributed by atoms with Gasteiger partial charge in [0.1, 0.15) is 5.75 Å². The van der Waals surface area contributed by atoms with Crippen LogP contribution < -0.4 is 14.2 Å². The van der Waals surface area contributed by atoms with Gasteiger partial charge in [0, 0.05) is 15.3 Å². The zero-order valence-electron chi connectivity index (χ0n) is 13.8. The third-order valence-electron chi connectivity index (χ3n) is 3.33. The van der Waals surface area contributed by atoms with Crippen LogP contribution in [0.5, 0.6) is 23.8 Å². The van der Waals surface area contributed by atoms with Crippen molar-refractivity contribution in [3.8, 4) is 34.2 Å². The van der Waals surface area contributed by atoms with Gasteiger partial charge < -0.3 is 14.2 Å². The van der Waals surface area contributed by atoms with Gasteiger partial charge in [0.15, 0.2) is 6.29 Å². The Kier molecular flexibility index (Phi) is 4.90. The first-order valence-corrected chi connectivity index (χ1v) is 8.13. The summed E-state index contributed by atoms with van der Waals surface area (Å²) in [5.74, 6) is 0.342. The predicted octanol–water partition coefficient (Wildman–Crippen LogP) is 3.53. The summed E-state index contributed by atoms with van der Waals surface area (Å²) < 4.78 is 15.7. The fourth-order valence-electron chi connectivity index (χ4n) is 2.20. The van der Waals surface area contributed by atoms with Crippen LogP contribution in [0, 0.1) is 6.92 Å². The van der Waals surface area contributed by atoms with Crippen molar-refractivity contribution in [2.24, 2.45) is 0 Å². The summed E-state index contributed by atoms with van der Waals surface area (Å²) in [7, 11) is 2.85. The van der Waals surface area contributed by atoms with Crippen molar-refractivity contribution >= 4 is 17.6 Å². The number of carbonyl (C=O) groups is 1. The Bertz CT molecular complexity index is 888. The lowest BCUT2D eigenvalue weighted by molar-refractivity contribution is 0.112. The second kappa shape index (κ2) is 7.27. The molecule has 2 heterocycles. The van der Waals surface area contributed by atoms with E-state index in [1.165, 1.54) is 14.2 Å². The fourth-order valence-corrected chi connectivity index (χ4v) is 3.10. The number of hydrogen-bond acceptors (Lipinski definition) is 8. The molecule has 0 bridgehead atoms. The van der Waals surface area contributed by atoms with Crippen LogP contribution in [-0.4, -0.2) is 35.5 Å². The van der Waals surface area contributed by atoms with E-state index >= 15 is 0 Å². The molecule has 0 saturated heterocycles. The third-order valence-corrected chi connectivity index (χ3v) is 4.36. The summed E-state index contributed by atoms with van der Waals surface area (Å²) in [6.07, 6.45) is 0.759. The number of carbonyl (C=O) groups excluding carboxylic acids is 1. The van der Waals surface area contributed by atoms with Crippen LogP contribution >= 0.6 is 11.3 Å². The van der Waals surface area contributed by atoms with Gasteiger partial charge in [0.25, 0.3) is 0 Å². The van der Waals surface area contributed by atoms with Gasteiger partial charge in [0.05, 0.1) is 19.8 Å². The number of hydrogen-bond donors (Lipinski definition) is 0. The first kappa shape index (κ1) is 16.8. The van der Waals surface area contributed by atoms with Crippen LogP contribution in [0.3, 0.4) is 0 Å². The first-order valence-electron chi connectivity index (χ1n) is 7.31. The molecular weight excluding hydrogens is 342 g/mol. The molecule has 1 aromatic carbocycles. The van der Waals surface area contributed by atoms with Crippen molar-refractivity contribution in [1.29, 1.82) is 0 Å². The highest BCUT2D eigenvalue weighted by Crippen LogP contribution is 2.35. The van der Waals surface area contributed by atoms with Crippen molar-refractivity contribution in [3.63, 3.8) is 0 Å². The maximum atomic E-state index is 11.7. The Hall–Kier alpha value is -3.00. The van der Waals surface area contributed by atoms with Crippen LogP contribution in [0.2, 0.25) is 0 Å². The second-order valence-electron chi connectivity index (χ2n) is 4.94. The molecule has 0 aliphatic rings. The van der Waals surface area contributed by atoms with Crippen LogP contribution in [0.1, 0.15) is 15.2 Å². The normalized spacial score (nSPS) is 10.4. The molecule has 0 unspecified atom stereocenters. The molecule has 0 saturated carbocycles. The quantitative estimate of drug-likeness (QED) is 0.624. The van der Waals surface area contributed by atoms with Gasteiger partial charge in [-0.2, -0.15) is 0 Å². The number of rotatable bonds is 6. The van der Waals surface area contributed by atoms with Crippen molar-refractivity contribution in [3.05, 3.63) is 40.8 Å². The van der Waals surface area contributed by atoms with Crippen LogP contribution in [0.4, 0.5) is 0 Å². The summed E-state index contributed by atoms with van der Waals surface area (Å²) >= 11 is 1.60. The van der Waals surface area contributed by atoms with Crippen molar-refractivity contribution in [1.82, 2.24) is 15.0 Å². The molecule has 0 aliphatic carbocycles. The van der Waals surface area contributed by atoms with Crippen molar-refractivity contribution in [2.45, 2.75) is 6.92 Å². The fraction of sp³-hybridized carbons (Fsp3) is 0.176. The van der Waals surface area contributed by atoms with E-state index < -0.39 is 0 Å². The Balaban J connectivity index is 2.02. The van der Waals surface area contributed by atoms with E-state index in [-0.39, 0.29) is 18.0 Å². The highest BCUT2D eigenvalue weighted by Gasteiger charge is 2.15. The molecule has 0 spiro atoms. The predicted molar refractivity (Wildman–Crippen MR) is 92.9 cm³/mol. The average Bonchev–Trinajstić information content (AvgIpc) is 3.07. The minimum absolute atomic E-state index is 0.0219. The highest BCUT2D eigenvalue weighted by molar-refractivity contribution is 7.15. The van der Waals surface area contributed by atoms with Crippen LogP contribution in [-0.2, 0) is 0 Å². The summed E-state index contributed by atoms with van der Waals surface area (Å²) in [6.45, 7) is 2.01. The van der Waals surface area contributed by atoms with E-state index in [0.29, 0.717) is 11.3 Å². The molecule has 3 aromatic rings. The largest absolute Gasteiger partial charge is 0.467 e. The standard InChI is InChI=1S/C17H15N3O4S/c1-10-7-8-14(25-10)11-5-4-6-13(12(11)9-21)24-17-19-15(22-2)18-16(20-17)23-3/h4-9H,1-3H3. The smallest absolute Gasteiger partial charge is 0.331 e. The van der Waals surface area contributed by atoms with E-state index in [2.05, 4.69) is 15.0 Å². The summed E-state index contributed by atoms with van der Waals surface area (Å²) in [4.78, 5) is 25.8. The van der Waals surface area contributed by atoms with E-state index in [1.54, 1.807) is 17.4 Å². The molecule has 7 nitrogen and oxygen atoms in total. The Morgan fingerprint density at radius 1 is 0.960 bits per heavy atom. The van der Waals surface area contributed by atoms with E-state index in [0.717, 1.165) is 21.6 Å². The van der Waals surface area contributed by atoms with Crippen LogP contribution in [0.15, 0.2) is 30.3 Å². The van der Waals surface area contributed by atoms with E-state index in [1.807, 2.05) is 31.2 Å². The van der Waals surface area contributed by atoms with Crippen LogP contribution in [0.25, 0.3) is 10.4 Å². The lowest BCUT2D eigenvalue weighted by atomic mass is 10.1. The molecule has 0 fully saturated rings. The zero-order valence-corrected chi connectivity index (χ0v) is 14.7. The number of aldehydes is 1. The van der Waals surface area contributed by atoms with Gasteiger partial charge in [-0.15, -0.1) is 26.3 Å². The first-order chi connectivity index (χ1) is 12.1. The topological polar surface area (TPSA) is 83.4 Å². The van der Waals surface area contributed by atoms with Gasteiger partial charge in [-0.3, -0.25) is 4.79 Å². The number of aryl methyl sites for hydroxylation is 1. The molecule has 2 aromatic heterocycles. The minimum Gasteiger partial charge on any atom is -0.467 e. The van der Waals surface area contributed by atoms with E-state index in [9.17, 15) is 4.79 Å². The lowest BCUT2D eigenvalue weighted by Crippen LogP contribution is -2.02. The second-order valence-corrected chi connectivity index (χ2v) is 6.23. The molecule has 8 heteroatoms. The van der Waals surface area contributed by atoms with Gasteiger partial charge in [0.2, 0.25) is 0 Å². The maximum Gasteiger partial charge on any atom is 0.331 e. The molecule has 0 aliphatic heterocycles. The zero-order chi connectivity index (χ0) is 17.8. The number of aromatic nitrogens is 3. The summed E-state index contributed by atoms with van der Waals surface area (Å²) in [6, 6.07) is 9.42. The molecule has 0 amide bonds. The Morgan fingerprint density at radius 3 is 2.20 bits per heavy atom. The number of ether oxygens (including phenoxy) is 3. The van der Waals surface area contributed by atoms with Gasteiger partial charge in [-0.25, -0.2) is 0 Å². The molecule has 0 atom stereocenters. The summed E-state index contributed by atoms with van der Waals surface area (Å²) in [5, 5.41) is 0. The van der Waals surface area contributed by atoms with Crippen molar-refractivity contribution < 1.29 is 19.0 Å². The Labute approximate surface area is 148 Å². The van der Waals surface area contributed by atoms with Crippen molar-refractivity contribution in [2.75, 3.05) is 14.2 Å². The number of methoxy groups -OCH3 is 2. The maximum absolute atomic E-state index is 11.7. The number of benzene rings is 1. The minimum atomic E-state index is -0.0219. The number of nitrogens with zero attached hydrogens (tertiary/aromatic N) is 3. The monoisotopic (exact) mass is 357 g/mol. The molecule has 25 heavy (non-hydrogen) atoms. The van der Waals surface area contributed by atoms with Gasteiger partial charge in [-0.05, 0) is 25.1 Å². The van der Waals surface area contributed by atoms with E-state index in [4.69, 9.17) is 14.2 Å². The Morgan fingerprint density at radius 2 is 1.64 bits per heavy atom. The van der Waals surface area contributed by atoms with Gasteiger partial charge in [-0.1, -0.05) is 12.1 Å². The molecule has 0 radical (unpaired) electrons. The SMILES string of the molecule is COc1nc(OC)nc(Oc2cccc(-c3ccc(C)s3)c2C=O)n1. The molecular formula is C17H15N3O4S. The molecule has 0 N–H and O–H groups in total. The lowest BCUT2D eigenvalue weighted by Gasteiger charge is -2.10. The summed E-state index contributed by atoms with van der Waals surface area (Å²) in [5.41, 5.74) is 1.21. The average molecular weight is 357 g/mol. The molecule has 3 rings (SSSR count). The third kappa shape index (κ3) is 3.58. The van der Waals surface area contributed by atoms with Gasteiger partial charge >= 0.3 is 18.0 Å². The molecule has 128 valence electrons.